The molecule has 9 nitrogen and oxygen atoms in total. The lowest BCUT2D eigenvalue weighted by Gasteiger charge is -2.36. The molecule has 2 aromatic rings. The number of aryl methyl sites for hydroxylation is 2. The molecule has 3 amide bonds. The number of aliphatic hydroxyl groups excluding tert-OH is 1. The van der Waals surface area contributed by atoms with Crippen molar-refractivity contribution < 1.29 is 29.0 Å². The molecule has 3 N–H and O–H groups in total. The molecular formula is C30H37N3O6. The van der Waals surface area contributed by atoms with Gasteiger partial charge in [0.1, 0.15) is 17.4 Å². The molecule has 5 rings (SSSR count). The number of nitrogens with zero attached hydrogens (tertiary/aromatic N) is 1. The number of anilines is 2. The monoisotopic (exact) mass is 535 g/mol. The van der Waals surface area contributed by atoms with Crippen LogP contribution in [0.4, 0.5) is 11.4 Å². The summed E-state index contributed by atoms with van der Waals surface area (Å²) in [4.78, 5) is 43.1. The zero-order valence-electron chi connectivity index (χ0n) is 22.9. The number of benzene rings is 2. The molecule has 39 heavy (non-hydrogen) atoms. The second-order valence-electron chi connectivity index (χ2n) is 10.8. The summed E-state index contributed by atoms with van der Waals surface area (Å²) in [5, 5.41) is 16.2. The van der Waals surface area contributed by atoms with Gasteiger partial charge in [-0.05, 0) is 81.5 Å². The van der Waals surface area contributed by atoms with E-state index in [2.05, 4.69) is 10.6 Å². The zero-order valence-corrected chi connectivity index (χ0v) is 22.9. The van der Waals surface area contributed by atoms with E-state index in [1.165, 1.54) is 4.90 Å². The van der Waals surface area contributed by atoms with Crippen LogP contribution in [-0.4, -0.2) is 64.7 Å². The van der Waals surface area contributed by atoms with Crippen LogP contribution in [0.25, 0.3) is 0 Å². The van der Waals surface area contributed by atoms with Gasteiger partial charge in [0.2, 0.25) is 17.7 Å². The Morgan fingerprint density at radius 3 is 2.54 bits per heavy atom. The lowest BCUT2D eigenvalue weighted by atomic mass is 9.70. The highest BCUT2D eigenvalue weighted by Gasteiger charge is 2.75. The van der Waals surface area contributed by atoms with E-state index in [-0.39, 0.29) is 24.3 Å². The zero-order chi connectivity index (χ0) is 27.9. The maximum Gasteiger partial charge on any atom is 0.250 e. The first-order valence-corrected chi connectivity index (χ1v) is 13.8. The van der Waals surface area contributed by atoms with Gasteiger partial charge in [-0.15, -0.1) is 0 Å². The van der Waals surface area contributed by atoms with Crippen molar-refractivity contribution in [2.45, 2.75) is 70.7 Å². The van der Waals surface area contributed by atoms with Crippen molar-refractivity contribution in [2.24, 2.45) is 11.8 Å². The number of ether oxygens (including phenoxy) is 2. The Morgan fingerprint density at radius 1 is 1.13 bits per heavy atom. The highest BCUT2D eigenvalue weighted by Crippen LogP contribution is 2.59. The molecule has 208 valence electrons. The van der Waals surface area contributed by atoms with E-state index in [4.69, 9.17) is 9.47 Å². The number of carbonyl (C=O) groups is 3. The van der Waals surface area contributed by atoms with E-state index in [0.717, 1.165) is 11.1 Å². The molecule has 3 fully saturated rings. The van der Waals surface area contributed by atoms with Gasteiger partial charge in [0, 0.05) is 11.4 Å². The Kier molecular flexibility index (Phi) is 7.39. The van der Waals surface area contributed by atoms with E-state index in [0.29, 0.717) is 43.0 Å². The second kappa shape index (κ2) is 10.6. The van der Waals surface area contributed by atoms with Gasteiger partial charge >= 0.3 is 0 Å². The molecule has 3 heterocycles. The molecule has 3 aliphatic heterocycles. The minimum atomic E-state index is -1.13. The number of hydrogen-bond donors (Lipinski definition) is 3. The van der Waals surface area contributed by atoms with Crippen molar-refractivity contribution >= 4 is 29.1 Å². The fraction of sp³-hybridized carbons (Fsp3) is 0.500. The summed E-state index contributed by atoms with van der Waals surface area (Å²) in [5.74, 6) is -1.84. The van der Waals surface area contributed by atoms with Crippen LogP contribution < -0.4 is 15.4 Å². The predicted octanol–water partition coefficient (Wildman–Crippen LogP) is 3.42. The normalized spacial score (nSPS) is 27.8. The topological polar surface area (TPSA) is 117 Å². The molecule has 0 radical (unpaired) electrons. The molecule has 2 aromatic carbocycles. The Hall–Kier alpha value is -3.43. The number of hydrogen-bond acceptors (Lipinski definition) is 6. The summed E-state index contributed by atoms with van der Waals surface area (Å²) in [7, 11) is 0. The average Bonchev–Trinajstić information content (AvgIpc) is 3.56. The van der Waals surface area contributed by atoms with E-state index in [1.54, 1.807) is 24.3 Å². The van der Waals surface area contributed by atoms with E-state index in [1.807, 2.05) is 45.9 Å². The van der Waals surface area contributed by atoms with Crippen LogP contribution in [0.3, 0.4) is 0 Å². The van der Waals surface area contributed by atoms with Gasteiger partial charge in [-0.25, -0.2) is 0 Å². The number of rotatable bonds is 9. The van der Waals surface area contributed by atoms with Gasteiger partial charge < -0.3 is 30.1 Å². The van der Waals surface area contributed by atoms with Gasteiger partial charge in [0.25, 0.3) is 0 Å². The largest absolute Gasteiger partial charge is 0.494 e. The van der Waals surface area contributed by atoms with E-state index >= 15 is 0 Å². The maximum atomic E-state index is 14.1. The number of fused-ring (bicyclic) bond motifs is 1. The van der Waals surface area contributed by atoms with Crippen LogP contribution >= 0.6 is 0 Å². The molecule has 1 spiro atoms. The molecule has 3 saturated heterocycles. The first kappa shape index (κ1) is 27.1. The SMILES string of the molecule is CCOc1ccc(NC(=O)[C@@H]2[C@@H]3CCC4(O3)C(C(=O)Nc3cc(C)ccc3C)N([C@@H](CC)CO)C(=O)[C@H]24)cc1. The number of nitrogens with one attached hydrogen (secondary N) is 2. The molecule has 9 heteroatoms. The van der Waals surface area contributed by atoms with Crippen molar-refractivity contribution in [1.29, 1.82) is 0 Å². The maximum absolute atomic E-state index is 14.1. The van der Waals surface area contributed by atoms with Gasteiger partial charge in [0.05, 0.1) is 37.2 Å². The average molecular weight is 536 g/mol. The van der Waals surface area contributed by atoms with Gasteiger partial charge in [0.15, 0.2) is 0 Å². The lowest BCUT2D eigenvalue weighted by Crippen LogP contribution is -2.56. The number of likely N-dealkylation sites (tertiary alicyclic amines) is 1. The minimum Gasteiger partial charge on any atom is -0.494 e. The Bertz CT molecular complexity index is 1260. The first-order chi connectivity index (χ1) is 18.7. The van der Waals surface area contributed by atoms with Crippen LogP contribution in [-0.2, 0) is 19.1 Å². The van der Waals surface area contributed by atoms with E-state index in [9.17, 15) is 19.5 Å². The molecule has 6 atom stereocenters. The molecule has 3 aliphatic rings. The quantitative estimate of drug-likeness (QED) is 0.453. The van der Waals surface area contributed by atoms with Crippen molar-refractivity contribution in [1.82, 2.24) is 4.90 Å². The third-order valence-electron chi connectivity index (χ3n) is 8.45. The Balaban J connectivity index is 1.46. The Labute approximate surface area is 228 Å². The molecule has 0 aromatic heterocycles. The summed E-state index contributed by atoms with van der Waals surface area (Å²) in [6, 6.07) is 11.4. The van der Waals surface area contributed by atoms with Crippen LogP contribution in [0.5, 0.6) is 5.75 Å². The molecule has 2 unspecified atom stereocenters. The van der Waals surface area contributed by atoms with E-state index < -0.39 is 35.6 Å². The third kappa shape index (κ3) is 4.57. The summed E-state index contributed by atoms with van der Waals surface area (Å²) in [6.07, 6.45) is 1.06. The third-order valence-corrected chi connectivity index (χ3v) is 8.45. The van der Waals surface area contributed by atoms with Crippen LogP contribution in [0.1, 0.15) is 44.2 Å². The molecule has 0 saturated carbocycles. The van der Waals surface area contributed by atoms with Gasteiger partial charge in [-0.1, -0.05) is 19.1 Å². The van der Waals surface area contributed by atoms with Crippen molar-refractivity contribution in [3.63, 3.8) is 0 Å². The lowest BCUT2D eigenvalue weighted by molar-refractivity contribution is -0.143. The van der Waals surface area contributed by atoms with Crippen molar-refractivity contribution in [3.05, 3.63) is 53.6 Å². The highest BCUT2D eigenvalue weighted by atomic mass is 16.5. The molecular weight excluding hydrogens is 498 g/mol. The highest BCUT2D eigenvalue weighted by molar-refractivity contribution is 6.05. The summed E-state index contributed by atoms with van der Waals surface area (Å²) in [5.41, 5.74) is 2.03. The summed E-state index contributed by atoms with van der Waals surface area (Å²) < 4.78 is 12.0. The summed E-state index contributed by atoms with van der Waals surface area (Å²) in [6.45, 7) is 7.88. The van der Waals surface area contributed by atoms with Crippen LogP contribution in [0.2, 0.25) is 0 Å². The smallest absolute Gasteiger partial charge is 0.250 e. The van der Waals surface area contributed by atoms with Crippen molar-refractivity contribution in [3.8, 4) is 5.75 Å². The molecule has 2 bridgehead atoms. The number of carbonyl (C=O) groups excluding carboxylic acids is 3. The first-order valence-electron chi connectivity index (χ1n) is 13.8. The summed E-state index contributed by atoms with van der Waals surface area (Å²) >= 11 is 0. The van der Waals surface area contributed by atoms with Gasteiger partial charge in [-0.2, -0.15) is 0 Å². The minimum absolute atomic E-state index is 0.287. The van der Waals surface area contributed by atoms with Crippen molar-refractivity contribution in [2.75, 3.05) is 23.8 Å². The van der Waals surface area contributed by atoms with Crippen LogP contribution in [0, 0.1) is 25.7 Å². The second-order valence-corrected chi connectivity index (χ2v) is 10.8. The number of aliphatic hydroxyl groups is 1. The van der Waals surface area contributed by atoms with Crippen LogP contribution in [0.15, 0.2) is 42.5 Å². The fourth-order valence-corrected chi connectivity index (χ4v) is 6.60. The molecule has 0 aliphatic carbocycles. The predicted molar refractivity (Wildman–Crippen MR) is 146 cm³/mol. The Morgan fingerprint density at radius 2 is 1.87 bits per heavy atom. The van der Waals surface area contributed by atoms with Gasteiger partial charge in [-0.3, -0.25) is 14.4 Å². The standard InChI is InChI=1S/C30H37N3O6/c1-5-20(16-34)33-26(28(36)32-22-15-17(3)7-8-18(22)4)30-14-13-23(39-30)24(25(30)29(33)37)27(35)31-19-9-11-21(12-10-19)38-6-2/h7-12,15,20,23-26,34H,5-6,13-14,16H2,1-4H3,(H,31,35)(H,32,36)/t20-,23-,24+,25-,26?,30?/m0/s1. The fourth-order valence-electron chi connectivity index (χ4n) is 6.60. The number of amides is 3.